The zero-order valence-corrected chi connectivity index (χ0v) is 18.0. The maximum Gasteiger partial charge on any atom is 0.278 e. The lowest BCUT2D eigenvalue weighted by atomic mass is 10.0. The van der Waals surface area contributed by atoms with Gasteiger partial charge in [-0.3, -0.25) is 19.4 Å². The Bertz CT molecular complexity index is 999. The second kappa shape index (κ2) is 9.93. The number of ether oxygens (including phenoxy) is 2. The Kier molecular flexibility index (Phi) is 6.82. The first kappa shape index (κ1) is 22.0. The van der Waals surface area contributed by atoms with Gasteiger partial charge in [0, 0.05) is 31.9 Å². The fourth-order valence-corrected chi connectivity index (χ4v) is 3.79. The molecule has 2 aromatic carbocycles. The van der Waals surface area contributed by atoms with Gasteiger partial charge in [0.05, 0.1) is 25.4 Å². The standard InChI is InChI=1S/C24H26FN3O4/c1-2-32-20-9-7-19(8-10-20)26-22-21(17-3-5-18(25)6-4-17)23(29)28(24(22)30)12-11-27-13-15-31-16-14-27/h3-10,26H,2,11-16H2,1H3. The summed E-state index contributed by atoms with van der Waals surface area (Å²) in [6, 6.07) is 12.8. The first-order valence-electron chi connectivity index (χ1n) is 10.7. The quantitative estimate of drug-likeness (QED) is 0.638. The van der Waals surface area contributed by atoms with Gasteiger partial charge in [0.1, 0.15) is 17.3 Å². The Morgan fingerprint density at radius 2 is 1.66 bits per heavy atom. The van der Waals surface area contributed by atoms with Crippen LogP contribution in [0.3, 0.4) is 0 Å². The summed E-state index contributed by atoms with van der Waals surface area (Å²) >= 11 is 0. The lowest BCUT2D eigenvalue weighted by Gasteiger charge is -2.28. The van der Waals surface area contributed by atoms with E-state index in [1.165, 1.54) is 29.2 Å². The fourth-order valence-electron chi connectivity index (χ4n) is 3.79. The Balaban J connectivity index is 1.59. The summed E-state index contributed by atoms with van der Waals surface area (Å²) in [7, 11) is 0. The molecule has 0 spiro atoms. The molecule has 8 heteroatoms. The number of nitrogens with one attached hydrogen (secondary N) is 1. The number of hydrogen-bond donors (Lipinski definition) is 1. The van der Waals surface area contributed by atoms with Crippen LogP contribution < -0.4 is 10.1 Å². The van der Waals surface area contributed by atoms with E-state index in [-0.39, 0.29) is 23.7 Å². The van der Waals surface area contributed by atoms with Crippen molar-refractivity contribution in [2.24, 2.45) is 0 Å². The van der Waals surface area contributed by atoms with Gasteiger partial charge < -0.3 is 14.8 Å². The SMILES string of the molecule is CCOc1ccc(NC2=C(c3ccc(F)cc3)C(=O)N(CCN3CCOCC3)C2=O)cc1. The van der Waals surface area contributed by atoms with Crippen molar-refractivity contribution in [3.8, 4) is 5.75 Å². The molecule has 32 heavy (non-hydrogen) atoms. The molecule has 0 aliphatic carbocycles. The van der Waals surface area contributed by atoms with Crippen LogP contribution in [0.5, 0.6) is 5.75 Å². The number of hydrogen-bond acceptors (Lipinski definition) is 6. The number of carbonyl (C=O) groups is 2. The fraction of sp³-hybridized carbons (Fsp3) is 0.333. The molecule has 7 nitrogen and oxygen atoms in total. The molecule has 1 saturated heterocycles. The van der Waals surface area contributed by atoms with Crippen molar-refractivity contribution >= 4 is 23.1 Å². The molecule has 2 aliphatic rings. The van der Waals surface area contributed by atoms with Crippen molar-refractivity contribution in [1.29, 1.82) is 0 Å². The average Bonchev–Trinajstić information content (AvgIpc) is 3.04. The van der Waals surface area contributed by atoms with Gasteiger partial charge in [-0.1, -0.05) is 12.1 Å². The summed E-state index contributed by atoms with van der Waals surface area (Å²) in [4.78, 5) is 29.9. The first-order chi connectivity index (χ1) is 15.6. The molecule has 0 radical (unpaired) electrons. The van der Waals surface area contributed by atoms with Crippen LogP contribution in [-0.4, -0.2) is 67.6 Å². The molecule has 168 valence electrons. The molecule has 2 aliphatic heterocycles. The van der Waals surface area contributed by atoms with Gasteiger partial charge >= 0.3 is 0 Å². The molecule has 0 aromatic heterocycles. The van der Waals surface area contributed by atoms with Crippen LogP contribution in [0.2, 0.25) is 0 Å². The number of benzene rings is 2. The third-order valence-corrected chi connectivity index (χ3v) is 5.48. The molecule has 0 atom stereocenters. The topological polar surface area (TPSA) is 71.1 Å². The minimum atomic E-state index is -0.406. The maximum atomic E-state index is 13.5. The average molecular weight is 439 g/mol. The highest BCUT2D eigenvalue weighted by Crippen LogP contribution is 2.31. The van der Waals surface area contributed by atoms with E-state index in [1.54, 1.807) is 24.3 Å². The summed E-state index contributed by atoms with van der Waals surface area (Å²) in [5.74, 6) is -0.470. The molecule has 2 aromatic rings. The van der Waals surface area contributed by atoms with E-state index in [2.05, 4.69) is 10.2 Å². The molecule has 0 unspecified atom stereocenters. The van der Waals surface area contributed by atoms with E-state index in [4.69, 9.17) is 9.47 Å². The summed E-state index contributed by atoms with van der Waals surface area (Å²) < 4.78 is 24.3. The van der Waals surface area contributed by atoms with Crippen molar-refractivity contribution in [3.63, 3.8) is 0 Å². The normalized spacial score (nSPS) is 17.2. The minimum Gasteiger partial charge on any atom is -0.494 e. The van der Waals surface area contributed by atoms with Gasteiger partial charge in [-0.25, -0.2) is 4.39 Å². The summed E-state index contributed by atoms with van der Waals surface area (Å²) in [5, 5.41) is 3.11. The van der Waals surface area contributed by atoms with Crippen molar-refractivity contribution in [3.05, 3.63) is 65.6 Å². The maximum absolute atomic E-state index is 13.5. The minimum absolute atomic E-state index is 0.188. The number of halogens is 1. The predicted octanol–water partition coefficient (Wildman–Crippen LogP) is 2.75. The number of nitrogens with zero attached hydrogens (tertiary/aromatic N) is 2. The highest BCUT2D eigenvalue weighted by molar-refractivity contribution is 6.36. The van der Waals surface area contributed by atoms with Gasteiger partial charge in [0.25, 0.3) is 11.8 Å². The van der Waals surface area contributed by atoms with Gasteiger partial charge in [0.15, 0.2) is 0 Å². The first-order valence-corrected chi connectivity index (χ1v) is 10.7. The second-order valence-corrected chi connectivity index (χ2v) is 7.56. The third-order valence-electron chi connectivity index (χ3n) is 5.48. The third kappa shape index (κ3) is 4.81. The Labute approximate surface area is 186 Å². The summed E-state index contributed by atoms with van der Waals surface area (Å²) in [6.45, 7) is 6.14. The molecular weight excluding hydrogens is 413 g/mol. The molecule has 0 saturated carbocycles. The number of amides is 2. The van der Waals surface area contributed by atoms with E-state index < -0.39 is 11.7 Å². The van der Waals surface area contributed by atoms with E-state index in [0.29, 0.717) is 43.4 Å². The number of anilines is 1. The largest absolute Gasteiger partial charge is 0.494 e. The smallest absolute Gasteiger partial charge is 0.278 e. The lowest BCUT2D eigenvalue weighted by Crippen LogP contribution is -2.43. The molecule has 4 rings (SSSR count). The highest BCUT2D eigenvalue weighted by Gasteiger charge is 2.39. The number of carbonyl (C=O) groups excluding carboxylic acids is 2. The molecule has 1 N–H and O–H groups in total. The van der Waals surface area contributed by atoms with E-state index in [1.807, 2.05) is 6.92 Å². The molecule has 0 bridgehead atoms. The van der Waals surface area contributed by atoms with Crippen molar-refractivity contribution in [1.82, 2.24) is 9.80 Å². The van der Waals surface area contributed by atoms with Crippen molar-refractivity contribution < 1.29 is 23.5 Å². The predicted molar refractivity (Wildman–Crippen MR) is 119 cm³/mol. The Morgan fingerprint density at radius 3 is 2.31 bits per heavy atom. The van der Waals surface area contributed by atoms with Crippen molar-refractivity contribution in [2.45, 2.75) is 6.92 Å². The van der Waals surface area contributed by atoms with Crippen LogP contribution >= 0.6 is 0 Å². The molecule has 2 heterocycles. The zero-order valence-electron chi connectivity index (χ0n) is 18.0. The van der Waals surface area contributed by atoms with Gasteiger partial charge in [-0.05, 0) is 48.9 Å². The van der Waals surface area contributed by atoms with Gasteiger partial charge in [0.2, 0.25) is 0 Å². The summed E-state index contributed by atoms with van der Waals surface area (Å²) in [5.41, 5.74) is 1.57. The van der Waals surface area contributed by atoms with E-state index in [0.717, 1.165) is 13.1 Å². The Hall–Kier alpha value is -3.23. The lowest BCUT2D eigenvalue weighted by molar-refractivity contribution is -0.137. The van der Waals surface area contributed by atoms with Gasteiger partial charge in [-0.2, -0.15) is 0 Å². The highest BCUT2D eigenvalue weighted by atomic mass is 19.1. The number of rotatable bonds is 8. The van der Waals surface area contributed by atoms with Crippen LogP contribution in [0.1, 0.15) is 12.5 Å². The molecule has 2 amide bonds. The van der Waals surface area contributed by atoms with Crippen LogP contribution in [-0.2, 0) is 14.3 Å². The molecule has 1 fully saturated rings. The number of imide groups is 1. The van der Waals surface area contributed by atoms with E-state index in [9.17, 15) is 14.0 Å². The van der Waals surface area contributed by atoms with Crippen LogP contribution in [0, 0.1) is 5.82 Å². The van der Waals surface area contributed by atoms with Crippen molar-refractivity contribution in [2.75, 3.05) is 51.3 Å². The van der Waals surface area contributed by atoms with Gasteiger partial charge in [-0.15, -0.1) is 0 Å². The van der Waals surface area contributed by atoms with Crippen LogP contribution in [0.4, 0.5) is 10.1 Å². The second-order valence-electron chi connectivity index (χ2n) is 7.56. The Morgan fingerprint density at radius 1 is 0.969 bits per heavy atom. The zero-order chi connectivity index (χ0) is 22.5. The van der Waals surface area contributed by atoms with E-state index >= 15 is 0 Å². The van der Waals surface area contributed by atoms with Crippen LogP contribution in [0.25, 0.3) is 5.57 Å². The summed E-state index contributed by atoms with van der Waals surface area (Å²) in [6.07, 6.45) is 0. The monoisotopic (exact) mass is 439 g/mol. The van der Waals surface area contributed by atoms with Crippen LogP contribution in [0.15, 0.2) is 54.2 Å². The number of morpholine rings is 1. The molecular formula is C24H26FN3O4.